The molecule has 1 N–H and O–H groups in total. The second-order valence-electron chi connectivity index (χ2n) is 3.66. The number of amides is 1. The van der Waals surface area contributed by atoms with Gasteiger partial charge in [0, 0.05) is 19.1 Å². The summed E-state index contributed by atoms with van der Waals surface area (Å²) in [5.74, 6) is -0.00176. The molecule has 0 saturated carbocycles. The zero-order chi connectivity index (χ0) is 10.6. The van der Waals surface area contributed by atoms with Gasteiger partial charge < -0.3 is 5.32 Å². The van der Waals surface area contributed by atoms with E-state index >= 15 is 0 Å². The fourth-order valence-electron chi connectivity index (χ4n) is 1.79. The van der Waals surface area contributed by atoms with Gasteiger partial charge >= 0.3 is 0 Å². The summed E-state index contributed by atoms with van der Waals surface area (Å²) >= 11 is 0. The highest BCUT2D eigenvalue weighted by atomic mass is 16.2. The molecule has 78 valence electrons. The summed E-state index contributed by atoms with van der Waals surface area (Å²) in [6.45, 7) is 5.75. The molecule has 1 saturated heterocycles. The molecular weight excluding hydrogens is 178 g/mol. The van der Waals surface area contributed by atoms with Crippen molar-refractivity contribution >= 4 is 5.91 Å². The van der Waals surface area contributed by atoms with Crippen molar-refractivity contribution in [1.82, 2.24) is 10.2 Å². The van der Waals surface area contributed by atoms with E-state index in [0.29, 0.717) is 12.6 Å². The molecule has 1 fully saturated rings. The van der Waals surface area contributed by atoms with Gasteiger partial charge in [-0.15, -0.1) is 0 Å². The Bertz CT molecular complexity index is 246. The maximum atomic E-state index is 11.5. The maximum absolute atomic E-state index is 11.5. The van der Waals surface area contributed by atoms with Crippen LogP contribution < -0.4 is 5.32 Å². The third-order valence-electron chi connectivity index (χ3n) is 2.81. The van der Waals surface area contributed by atoms with Crippen molar-refractivity contribution in [3.05, 3.63) is 0 Å². The van der Waals surface area contributed by atoms with Crippen LogP contribution in [-0.4, -0.2) is 36.0 Å². The number of carbonyl (C=O) groups is 1. The van der Waals surface area contributed by atoms with Crippen LogP contribution in [0.4, 0.5) is 0 Å². The molecule has 0 bridgehead atoms. The number of piperazine rings is 1. The first-order valence-electron chi connectivity index (χ1n) is 5.11. The van der Waals surface area contributed by atoms with Crippen molar-refractivity contribution in [3.8, 4) is 6.07 Å². The van der Waals surface area contributed by atoms with E-state index in [9.17, 15) is 4.79 Å². The lowest BCUT2D eigenvalue weighted by molar-refractivity contribution is -0.129. The first kappa shape index (κ1) is 11.0. The highest BCUT2D eigenvalue weighted by Gasteiger charge is 2.31. The lowest BCUT2D eigenvalue weighted by atomic mass is 10.1. The van der Waals surface area contributed by atoms with E-state index in [2.05, 4.69) is 30.1 Å². The van der Waals surface area contributed by atoms with E-state index in [1.54, 1.807) is 0 Å². The molecule has 0 aliphatic carbocycles. The molecule has 1 amide bonds. The number of hydrogen-bond donors (Lipinski definition) is 1. The summed E-state index contributed by atoms with van der Waals surface area (Å²) in [4.78, 5) is 13.6. The summed E-state index contributed by atoms with van der Waals surface area (Å²) < 4.78 is 0. The normalized spacial score (nSPS) is 25.2. The molecule has 1 aliphatic rings. The lowest BCUT2D eigenvalue weighted by Gasteiger charge is -2.37. The van der Waals surface area contributed by atoms with Gasteiger partial charge in [-0.3, -0.25) is 9.69 Å². The van der Waals surface area contributed by atoms with E-state index < -0.39 is 0 Å². The van der Waals surface area contributed by atoms with Crippen LogP contribution in [0.1, 0.15) is 26.7 Å². The first-order valence-corrected chi connectivity index (χ1v) is 5.11. The van der Waals surface area contributed by atoms with Gasteiger partial charge in [0.15, 0.2) is 0 Å². The van der Waals surface area contributed by atoms with Gasteiger partial charge in [-0.1, -0.05) is 6.92 Å². The minimum absolute atomic E-state index is 0.00176. The van der Waals surface area contributed by atoms with Crippen molar-refractivity contribution < 1.29 is 4.79 Å². The Morgan fingerprint density at radius 2 is 2.50 bits per heavy atom. The first-order chi connectivity index (χ1) is 6.70. The average Bonchev–Trinajstić information content (AvgIpc) is 2.20. The van der Waals surface area contributed by atoms with Gasteiger partial charge in [0.25, 0.3) is 0 Å². The van der Waals surface area contributed by atoms with E-state index in [-0.39, 0.29) is 18.4 Å². The maximum Gasteiger partial charge on any atom is 0.238 e. The molecule has 1 rings (SSSR count). The largest absolute Gasteiger partial charge is 0.353 e. The smallest absolute Gasteiger partial charge is 0.238 e. The van der Waals surface area contributed by atoms with Crippen LogP contribution >= 0.6 is 0 Å². The van der Waals surface area contributed by atoms with Crippen molar-refractivity contribution in [2.24, 2.45) is 0 Å². The molecule has 4 nitrogen and oxygen atoms in total. The fraction of sp³-hybridized carbons (Fsp3) is 0.800. The molecule has 0 radical (unpaired) electrons. The predicted molar refractivity (Wildman–Crippen MR) is 53.5 cm³/mol. The Hall–Kier alpha value is -1.08. The highest BCUT2D eigenvalue weighted by Crippen LogP contribution is 2.14. The minimum atomic E-state index is -0.247. The van der Waals surface area contributed by atoms with E-state index in [1.165, 1.54) is 0 Å². The number of nitrogens with one attached hydrogen (secondary N) is 1. The number of nitrogens with zero attached hydrogens (tertiary/aromatic N) is 2. The molecule has 2 atom stereocenters. The SMILES string of the molecule is CCC(C)N1CCNC(=O)C1CC#N. The molecule has 0 aromatic carbocycles. The molecule has 1 aliphatic heterocycles. The highest BCUT2D eigenvalue weighted by molar-refractivity contribution is 5.82. The van der Waals surface area contributed by atoms with Crippen LogP contribution in [0.15, 0.2) is 0 Å². The third-order valence-corrected chi connectivity index (χ3v) is 2.81. The van der Waals surface area contributed by atoms with Crippen LogP contribution in [0.5, 0.6) is 0 Å². The fourth-order valence-corrected chi connectivity index (χ4v) is 1.79. The molecule has 0 aromatic rings. The Morgan fingerprint density at radius 3 is 3.07 bits per heavy atom. The molecule has 0 aromatic heterocycles. The zero-order valence-corrected chi connectivity index (χ0v) is 8.79. The zero-order valence-electron chi connectivity index (χ0n) is 8.79. The van der Waals surface area contributed by atoms with Crippen LogP contribution in [0, 0.1) is 11.3 Å². The van der Waals surface area contributed by atoms with Crippen molar-refractivity contribution in [2.75, 3.05) is 13.1 Å². The number of nitriles is 1. The Kier molecular flexibility index (Phi) is 3.90. The van der Waals surface area contributed by atoms with Crippen molar-refractivity contribution in [2.45, 2.75) is 38.8 Å². The second kappa shape index (κ2) is 4.97. The molecule has 4 heteroatoms. The molecule has 14 heavy (non-hydrogen) atoms. The van der Waals surface area contributed by atoms with Crippen molar-refractivity contribution in [3.63, 3.8) is 0 Å². The summed E-state index contributed by atoms with van der Waals surface area (Å²) in [5.41, 5.74) is 0. The van der Waals surface area contributed by atoms with Gasteiger partial charge in [0.1, 0.15) is 6.04 Å². The van der Waals surface area contributed by atoms with Gasteiger partial charge in [-0.05, 0) is 13.3 Å². The van der Waals surface area contributed by atoms with Crippen LogP contribution in [0.25, 0.3) is 0 Å². The molecule has 1 heterocycles. The Morgan fingerprint density at radius 1 is 1.79 bits per heavy atom. The number of rotatable bonds is 3. The van der Waals surface area contributed by atoms with Gasteiger partial charge in [-0.25, -0.2) is 0 Å². The number of hydrogen-bond acceptors (Lipinski definition) is 3. The van der Waals surface area contributed by atoms with E-state index in [0.717, 1.165) is 13.0 Å². The lowest BCUT2D eigenvalue weighted by Crippen LogP contribution is -2.57. The van der Waals surface area contributed by atoms with E-state index in [1.807, 2.05) is 0 Å². The number of carbonyl (C=O) groups excluding carboxylic acids is 1. The monoisotopic (exact) mass is 195 g/mol. The summed E-state index contributed by atoms with van der Waals surface area (Å²) in [7, 11) is 0. The van der Waals surface area contributed by atoms with Gasteiger partial charge in [0.2, 0.25) is 5.91 Å². The third kappa shape index (κ3) is 2.24. The van der Waals surface area contributed by atoms with Crippen LogP contribution in [-0.2, 0) is 4.79 Å². The van der Waals surface area contributed by atoms with Gasteiger partial charge in [0.05, 0.1) is 12.5 Å². The van der Waals surface area contributed by atoms with Crippen LogP contribution in [0.2, 0.25) is 0 Å². The summed E-state index contributed by atoms with van der Waals surface area (Å²) in [6.07, 6.45) is 1.30. The van der Waals surface area contributed by atoms with E-state index in [4.69, 9.17) is 5.26 Å². The Labute approximate surface area is 84.9 Å². The van der Waals surface area contributed by atoms with Crippen molar-refractivity contribution in [1.29, 1.82) is 5.26 Å². The minimum Gasteiger partial charge on any atom is -0.353 e. The Balaban J connectivity index is 2.70. The summed E-state index contributed by atoms with van der Waals surface area (Å²) in [5, 5.41) is 11.4. The van der Waals surface area contributed by atoms with Crippen LogP contribution in [0.3, 0.4) is 0 Å². The quantitative estimate of drug-likeness (QED) is 0.713. The molecule has 0 spiro atoms. The molecule has 2 unspecified atom stereocenters. The standard InChI is InChI=1S/C10H17N3O/c1-3-8(2)13-7-6-12-10(14)9(13)4-5-11/h8-9H,3-4,6-7H2,1-2H3,(H,12,14). The predicted octanol–water partition coefficient (Wildman–Crippen LogP) is 0.499. The topological polar surface area (TPSA) is 56.1 Å². The van der Waals surface area contributed by atoms with Gasteiger partial charge in [-0.2, -0.15) is 5.26 Å². The summed E-state index contributed by atoms with van der Waals surface area (Å²) in [6, 6.07) is 2.20. The average molecular weight is 195 g/mol. The second-order valence-corrected chi connectivity index (χ2v) is 3.66. The molecular formula is C10H17N3O.